The van der Waals surface area contributed by atoms with Crippen LogP contribution in [-0.2, 0) is 9.53 Å². The molecule has 4 nitrogen and oxygen atoms in total. The Bertz CT molecular complexity index is 275. The molecule has 1 heterocycles. The molecule has 1 N–H and O–H groups in total. The maximum Gasteiger partial charge on any atom is 0.225 e. The molecule has 0 aromatic carbocycles. The van der Waals surface area contributed by atoms with Gasteiger partial charge in [0.2, 0.25) is 5.91 Å². The van der Waals surface area contributed by atoms with Crippen molar-refractivity contribution in [1.29, 1.82) is 0 Å². The third-order valence-electron chi connectivity index (χ3n) is 3.93. The van der Waals surface area contributed by atoms with Crippen LogP contribution in [0.15, 0.2) is 0 Å². The van der Waals surface area contributed by atoms with Crippen LogP contribution in [-0.4, -0.2) is 47.3 Å². The van der Waals surface area contributed by atoms with Gasteiger partial charge in [-0.15, -0.1) is 0 Å². The molecule has 1 fully saturated rings. The molecule has 0 spiro atoms. The van der Waals surface area contributed by atoms with Crippen molar-refractivity contribution in [2.45, 2.75) is 70.9 Å². The fourth-order valence-corrected chi connectivity index (χ4v) is 2.94. The van der Waals surface area contributed by atoms with E-state index in [1.807, 2.05) is 4.90 Å². The summed E-state index contributed by atoms with van der Waals surface area (Å²) in [6, 6.07) is 0.175. The second-order valence-corrected chi connectivity index (χ2v) is 5.63. The van der Waals surface area contributed by atoms with Crippen LogP contribution in [0.4, 0.5) is 0 Å². The Balaban J connectivity index is 2.64. The predicted octanol–water partition coefficient (Wildman–Crippen LogP) is 2.35. The van der Waals surface area contributed by atoms with E-state index in [2.05, 4.69) is 20.8 Å². The summed E-state index contributed by atoms with van der Waals surface area (Å²) in [4.78, 5) is 14.3. The summed E-state index contributed by atoms with van der Waals surface area (Å²) >= 11 is 0. The van der Waals surface area contributed by atoms with E-state index < -0.39 is 5.60 Å². The molecule has 1 rings (SSSR count). The molecule has 0 saturated carbocycles. The fourth-order valence-electron chi connectivity index (χ4n) is 2.94. The van der Waals surface area contributed by atoms with Crippen molar-refractivity contribution in [3.8, 4) is 0 Å². The van der Waals surface area contributed by atoms with Crippen molar-refractivity contribution in [3.05, 3.63) is 0 Å². The number of aliphatic hydroxyl groups is 1. The molecular weight excluding hydrogens is 242 g/mol. The molecule has 0 bridgehead atoms. The predicted molar refractivity (Wildman–Crippen MR) is 76.0 cm³/mol. The van der Waals surface area contributed by atoms with E-state index in [0.29, 0.717) is 32.6 Å². The van der Waals surface area contributed by atoms with E-state index in [1.54, 1.807) is 0 Å². The van der Waals surface area contributed by atoms with Gasteiger partial charge in [-0.2, -0.15) is 0 Å². The number of morpholine rings is 1. The minimum Gasteiger partial charge on any atom is -0.389 e. The highest BCUT2D eigenvalue weighted by atomic mass is 16.5. The summed E-state index contributed by atoms with van der Waals surface area (Å²) < 4.78 is 5.42. The van der Waals surface area contributed by atoms with E-state index in [9.17, 15) is 9.90 Å². The Labute approximate surface area is 117 Å². The lowest BCUT2D eigenvalue weighted by Gasteiger charge is -2.37. The van der Waals surface area contributed by atoms with Crippen molar-refractivity contribution < 1.29 is 14.6 Å². The molecule has 1 saturated heterocycles. The zero-order valence-electron chi connectivity index (χ0n) is 12.7. The van der Waals surface area contributed by atoms with E-state index in [0.717, 1.165) is 19.3 Å². The van der Waals surface area contributed by atoms with Gasteiger partial charge in [0.15, 0.2) is 0 Å². The number of rotatable bonds is 7. The molecule has 0 aromatic rings. The van der Waals surface area contributed by atoms with E-state index in [1.165, 1.54) is 0 Å². The zero-order chi connectivity index (χ0) is 14.3. The summed E-state index contributed by atoms with van der Waals surface area (Å²) in [5.41, 5.74) is -0.822. The second kappa shape index (κ2) is 7.85. The number of nitrogens with zero attached hydrogens (tertiary/aromatic N) is 1. The molecule has 0 aromatic heterocycles. The zero-order valence-corrected chi connectivity index (χ0v) is 12.7. The molecule has 0 radical (unpaired) electrons. The topological polar surface area (TPSA) is 49.8 Å². The molecule has 1 atom stereocenters. The molecule has 112 valence electrons. The van der Waals surface area contributed by atoms with Gasteiger partial charge in [0.05, 0.1) is 31.3 Å². The molecule has 0 aliphatic carbocycles. The summed E-state index contributed by atoms with van der Waals surface area (Å²) in [5, 5.41) is 10.6. The number of carbonyl (C=O) groups excluding carboxylic acids is 1. The van der Waals surface area contributed by atoms with Gasteiger partial charge >= 0.3 is 0 Å². The van der Waals surface area contributed by atoms with Crippen molar-refractivity contribution in [2.24, 2.45) is 0 Å². The fraction of sp³-hybridized carbons (Fsp3) is 0.933. The quantitative estimate of drug-likeness (QED) is 0.773. The molecular formula is C15H29NO3. The Morgan fingerprint density at radius 2 is 1.95 bits per heavy atom. The Kier molecular flexibility index (Phi) is 6.80. The first-order valence-electron chi connectivity index (χ1n) is 7.66. The minimum atomic E-state index is -0.822. The first-order valence-corrected chi connectivity index (χ1v) is 7.66. The van der Waals surface area contributed by atoms with Gasteiger partial charge in [0.25, 0.3) is 0 Å². The number of ether oxygens (including phenoxy) is 1. The van der Waals surface area contributed by atoms with Crippen molar-refractivity contribution >= 4 is 5.91 Å². The van der Waals surface area contributed by atoms with Gasteiger partial charge in [0.1, 0.15) is 0 Å². The smallest absolute Gasteiger partial charge is 0.225 e. The van der Waals surface area contributed by atoms with Gasteiger partial charge in [0, 0.05) is 6.54 Å². The Hall–Kier alpha value is -0.610. The highest BCUT2D eigenvalue weighted by Crippen LogP contribution is 2.25. The monoisotopic (exact) mass is 271 g/mol. The van der Waals surface area contributed by atoms with Crippen molar-refractivity contribution in [3.63, 3.8) is 0 Å². The summed E-state index contributed by atoms with van der Waals surface area (Å²) in [5.74, 6) is 0.0829. The maximum atomic E-state index is 12.4. The van der Waals surface area contributed by atoms with Crippen molar-refractivity contribution in [2.75, 3.05) is 19.8 Å². The number of carbonyl (C=O) groups is 1. The van der Waals surface area contributed by atoms with Gasteiger partial charge in [-0.1, -0.05) is 33.6 Å². The van der Waals surface area contributed by atoms with Gasteiger partial charge in [-0.05, 0) is 19.3 Å². The number of amides is 1. The van der Waals surface area contributed by atoms with Gasteiger partial charge in [-0.3, -0.25) is 4.79 Å². The lowest BCUT2D eigenvalue weighted by atomic mass is 9.88. The number of hydrogen-bond donors (Lipinski definition) is 1. The molecule has 1 unspecified atom stereocenters. The minimum absolute atomic E-state index is 0.0829. The normalized spacial score (nSPS) is 20.6. The first-order chi connectivity index (χ1) is 9.06. The third kappa shape index (κ3) is 4.77. The summed E-state index contributed by atoms with van der Waals surface area (Å²) in [6.07, 6.45) is 4.38. The first kappa shape index (κ1) is 16.4. The van der Waals surface area contributed by atoms with Gasteiger partial charge < -0.3 is 14.7 Å². The summed E-state index contributed by atoms with van der Waals surface area (Å²) in [6.45, 7) is 8.07. The lowest BCUT2D eigenvalue weighted by molar-refractivity contribution is -0.145. The molecule has 1 amide bonds. The van der Waals surface area contributed by atoms with E-state index in [-0.39, 0.29) is 18.4 Å². The van der Waals surface area contributed by atoms with Crippen LogP contribution in [0.25, 0.3) is 0 Å². The van der Waals surface area contributed by atoms with Crippen LogP contribution in [0.5, 0.6) is 0 Å². The SMILES string of the molecule is CCCC(O)(CCC)CC(=O)N1CCOCC1CC. The highest BCUT2D eigenvalue weighted by molar-refractivity contribution is 5.77. The Morgan fingerprint density at radius 3 is 2.47 bits per heavy atom. The van der Waals surface area contributed by atoms with Crippen LogP contribution in [0.2, 0.25) is 0 Å². The van der Waals surface area contributed by atoms with E-state index in [4.69, 9.17) is 4.74 Å². The highest BCUT2D eigenvalue weighted by Gasteiger charge is 2.33. The summed E-state index contributed by atoms with van der Waals surface area (Å²) in [7, 11) is 0. The average molecular weight is 271 g/mol. The van der Waals surface area contributed by atoms with Gasteiger partial charge in [-0.25, -0.2) is 0 Å². The van der Waals surface area contributed by atoms with E-state index >= 15 is 0 Å². The molecule has 19 heavy (non-hydrogen) atoms. The number of hydrogen-bond acceptors (Lipinski definition) is 3. The van der Waals surface area contributed by atoms with Crippen LogP contribution >= 0.6 is 0 Å². The maximum absolute atomic E-state index is 12.4. The van der Waals surface area contributed by atoms with Crippen LogP contribution < -0.4 is 0 Å². The molecule has 1 aliphatic heterocycles. The Morgan fingerprint density at radius 1 is 1.32 bits per heavy atom. The van der Waals surface area contributed by atoms with Crippen LogP contribution in [0.3, 0.4) is 0 Å². The largest absolute Gasteiger partial charge is 0.389 e. The molecule has 1 aliphatic rings. The van der Waals surface area contributed by atoms with Crippen LogP contribution in [0, 0.1) is 0 Å². The third-order valence-corrected chi connectivity index (χ3v) is 3.93. The lowest BCUT2D eigenvalue weighted by Crippen LogP contribution is -2.50. The average Bonchev–Trinajstić information content (AvgIpc) is 2.38. The second-order valence-electron chi connectivity index (χ2n) is 5.63. The van der Waals surface area contributed by atoms with Crippen LogP contribution in [0.1, 0.15) is 59.3 Å². The molecule has 4 heteroatoms. The standard InChI is InChI=1S/C15H29NO3/c1-4-7-15(18,8-5-2)11-14(17)16-9-10-19-12-13(16)6-3/h13,18H,4-12H2,1-3H3. The van der Waals surface area contributed by atoms with Crippen molar-refractivity contribution in [1.82, 2.24) is 4.90 Å².